The minimum absolute atomic E-state index is 0.403. The molecule has 0 spiro atoms. The first-order chi connectivity index (χ1) is 11.1. The van der Waals surface area contributed by atoms with E-state index in [-0.39, 0.29) is 0 Å². The summed E-state index contributed by atoms with van der Waals surface area (Å²) in [5.74, 6) is -0.403. The van der Waals surface area contributed by atoms with Gasteiger partial charge in [-0.2, -0.15) is 0 Å². The lowest BCUT2D eigenvalue weighted by Crippen LogP contribution is -2.21. The highest BCUT2D eigenvalue weighted by atomic mass is 16.1. The van der Waals surface area contributed by atoms with Gasteiger partial charge in [0, 0.05) is 12.1 Å². The fourth-order valence-corrected chi connectivity index (χ4v) is 2.49. The van der Waals surface area contributed by atoms with Gasteiger partial charge in [0.05, 0.1) is 0 Å². The summed E-state index contributed by atoms with van der Waals surface area (Å²) >= 11 is 0. The van der Waals surface area contributed by atoms with E-state index in [0.29, 0.717) is 5.56 Å². The Labute approximate surface area is 138 Å². The van der Waals surface area contributed by atoms with Crippen LogP contribution in [0, 0.1) is 0 Å². The molecule has 3 nitrogen and oxygen atoms in total. The standard InChI is InChI=1S/C20H24N2O/c1-3-22(4-2)15-17-11-9-16(10-12-17)13-14-18-7-5-6-8-19(18)20(21)23/h5-14H,3-4,15H2,1-2H3,(H2,21,23)/b14-13+. The van der Waals surface area contributed by atoms with Crippen LogP contribution in [0.15, 0.2) is 48.5 Å². The van der Waals surface area contributed by atoms with Gasteiger partial charge in [-0.05, 0) is 35.8 Å². The van der Waals surface area contributed by atoms with Crippen molar-refractivity contribution < 1.29 is 4.79 Å². The molecule has 0 aliphatic heterocycles. The summed E-state index contributed by atoms with van der Waals surface area (Å²) < 4.78 is 0. The van der Waals surface area contributed by atoms with Crippen molar-refractivity contribution in [2.75, 3.05) is 13.1 Å². The molecule has 1 amide bonds. The molecule has 0 aromatic heterocycles. The summed E-state index contributed by atoms with van der Waals surface area (Å²) in [6.07, 6.45) is 3.93. The van der Waals surface area contributed by atoms with E-state index in [9.17, 15) is 4.79 Å². The summed E-state index contributed by atoms with van der Waals surface area (Å²) in [7, 11) is 0. The lowest BCUT2D eigenvalue weighted by Gasteiger charge is -2.17. The quantitative estimate of drug-likeness (QED) is 0.791. The average molecular weight is 308 g/mol. The molecule has 120 valence electrons. The largest absolute Gasteiger partial charge is 0.366 e. The number of rotatable bonds is 7. The molecule has 23 heavy (non-hydrogen) atoms. The van der Waals surface area contributed by atoms with Crippen LogP contribution in [-0.2, 0) is 6.54 Å². The molecule has 0 bridgehead atoms. The second-order valence-corrected chi connectivity index (χ2v) is 5.49. The first kappa shape index (κ1) is 17.0. The van der Waals surface area contributed by atoms with E-state index in [1.807, 2.05) is 30.4 Å². The number of amides is 1. The van der Waals surface area contributed by atoms with Crippen LogP contribution < -0.4 is 5.73 Å². The van der Waals surface area contributed by atoms with E-state index < -0.39 is 5.91 Å². The molecule has 0 fully saturated rings. The minimum atomic E-state index is -0.403. The maximum Gasteiger partial charge on any atom is 0.249 e. The smallest absolute Gasteiger partial charge is 0.249 e. The maximum absolute atomic E-state index is 11.4. The summed E-state index contributed by atoms with van der Waals surface area (Å²) in [5, 5.41) is 0. The van der Waals surface area contributed by atoms with Crippen molar-refractivity contribution in [2.45, 2.75) is 20.4 Å². The van der Waals surface area contributed by atoms with Gasteiger partial charge >= 0.3 is 0 Å². The zero-order valence-corrected chi connectivity index (χ0v) is 13.8. The number of primary amides is 1. The molecule has 3 heteroatoms. The van der Waals surface area contributed by atoms with E-state index in [2.05, 4.69) is 43.0 Å². The van der Waals surface area contributed by atoms with Gasteiger partial charge in [0.25, 0.3) is 0 Å². The highest BCUT2D eigenvalue weighted by Crippen LogP contribution is 2.14. The van der Waals surface area contributed by atoms with Crippen molar-refractivity contribution in [3.8, 4) is 0 Å². The second-order valence-electron chi connectivity index (χ2n) is 5.49. The number of nitrogens with two attached hydrogens (primary N) is 1. The molecule has 0 saturated heterocycles. The Bertz CT molecular complexity index is 670. The van der Waals surface area contributed by atoms with Crippen LogP contribution in [0.2, 0.25) is 0 Å². The van der Waals surface area contributed by atoms with Gasteiger partial charge in [-0.3, -0.25) is 9.69 Å². The molecule has 0 radical (unpaired) electrons. The zero-order valence-electron chi connectivity index (χ0n) is 13.8. The SMILES string of the molecule is CCN(CC)Cc1ccc(/C=C/c2ccccc2C(N)=O)cc1. The third kappa shape index (κ3) is 4.80. The molecule has 0 aliphatic rings. The maximum atomic E-state index is 11.4. The van der Waals surface area contributed by atoms with E-state index in [1.165, 1.54) is 5.56 Å². The Morgan fingerprint density at radius 1 is 1.00 bits per heavy atom. The van der Waals surface area contributed by atoms with Crippen LogP contribution in [0.25, 0.3) is 12.2 Å². The normalized spacial score (nSPS) is 11.3. The highest BCUT2D eigenvalue weighted by molar-refractivity contribution is 5.97. The molecule has 0 atom stereocenters. The Balaban J connectivity index is 2.11. The van der Waals surface area contributed by atoms with Crippen LogP contribution in [0.1, 0.15) is 40.9 Å². The van der Waals surface area contributed by atoms with Crippen molar-refractivity contribution in [3.63, 3.8) is 0 Å². The van der Waals surface area contributed by atoms with Crippen molar-refractivity contribution in [1.29, 1.82) is 0 Å². The fraction of sp³-hybridized carbons (Fsp3) is 0.250. The molecule has 0 saturated carbocycles. The molecule has 2 aromatic carbocycles. The molecule has 2 rings (SSSR count). The number of carbonyl (C=O) groups is 1. The van der Waals surface area contributed by atoms with Gasteiger partial charge in [0.1, 0.15) is 0 Å². The molecule has 0 aliphatic carbocycles. The first-order valence-corrected chi connectivity index (χ1v) is 8.02. The number of hydrogen-bond acceptors (Lipinski definition) is 2. The van der Waals surface area contributed by atoms with Gasteiger partial charge in [-0.25, -0.2) is 0 Å². The van der Waals surface area contributed by atoms with Crippen LogP contribution in [-0.4, -0.2) is 23.9 Å². The van der Waals surface area contributed by atoms with E-state index in [1.54, 1.807) is 6.07 Å². The Kier molecular flexibility index (Phi) is 6.12. The van der Waals surface area contributed by atoms with Crippen LogP contribution >= 0.6 is 0 Å². The number of carbonyl (C=O) groups excluding carboxylic acids is 1. The van der Waals surface area contributed by atoms with Gasteiger partial charge in [-0.15, -0.1) is 0 Å². The molecule has 0 unspecified atom stereocenters. The van der Waals surface area contributed by atoms with Crippen molar-refractivity contribution in [2.24, 2.45) is 5.73 Å². The van der Waals surface area contributed by atoms with Gasteiger partial charge in [0.2, 0.25) is 5.91 Å². The van der Waals surface area contributed by atoms with Gasteiger partial charge < -0.3 is 5.73 Å². The molecular weight excluding hydrogens is 284 g/mol. The average Bonchev–Trinajstić information content (AvgIpc) is 2.59. The number of hydrogen-bond donors (Lipinski definition) is 1. The van der Waals surface area contributed by atoms with Crippen molar-refractivity contribution in [3.05, 3.63) is 70.8 Å². The van der Waals surface area contributed by atoms with E-state index in [4.69, 9.17) is 5.73 Å². The fourth-order valence-electron chi connectivity index (χ4n) is 2.49. The molecule has 2 N–H and O–H groups in total. The Morgan fingerprint density at radius 3 is 2.26 bits per heavy atom. The highest BCUT2D eigenvalue weighted by Gasteiger charge is 2.04. The summed E-state index contributed by atoms with van der Waals surface area (Å²) in [6.45, 7) is 7.44. The van der Waals surface area contributed by atoms with Crippen molar-refractivity contribution in [1.82, 2.24) is 4.90 Å². The second kappa shape index (κ2) is 8.30. The summed E-state index contributed by atoms with van der Waals surface area (Å²) in [6, 6.07) is 15.9. The zero-order chi connectivity index (χ0) is 16.7. The Hall–Kier alpha value is -2.39. The topological polar surface area (TPSA) is 46.3 Å². The van der Waals surface area contributed by atoms with Crippen LogP contribution in [0.5, 0.6) is 0 Å². The van der Waals surface area contributed by atoms with Gasteiger partial charge in [-0.1, -0.05) is 68.5 Å². The Morgan fingerprint density at radius 2 is 1.65 bits per heavy atom. The molecular formula is C20H24N2O. The predicted molar refractivity (Wildman–Crippen MR) is 97.0 cm³/mol. The van der Waals surface area contributed by atoms with Gasteiger partial charge in [0.15, 0.2) is 0 Å². The summed E-state index contributed by atoms with van der Waals surface area (Å²) in [5.41, 5.74) is 9.19. The lowest BCUT2D eigenvalue weighted by molar-refractivity contribution is 0.1000. The third-order valence-electron chi connectivity index (χ3n) is 3.96. The summed E-state index contributed by atoms with van der Waals surface area (Å²) in [4.78, 5) is 13.8. The number of benzene rings is 2. The monoisotopic (exact) mass is 308 g/mol. The number of nitrogens with zero attached hydrogens (tertiary/aromatic N) is 1. The van der Waals surface area contributed by atoms with Crippen molar-refractivity contribution >= 4 is 18.1 Å². The third-order valence-corrected chi connectivity index (χ3v) is 3.96. The lowest BCUT2D eigenvalue weighted by atomic mass is 10.0. The van der Waals surface area contributed by atoms with E-state index >= 15 is 0 Å². The van der Waals surface area contributed by atoms with Crippen LogP contribution in [0.3, 0.4) is 0 Å². The molecule has 0 heterocycles. The first-order valence-electron chi connectivity index (χ1n) is 8.02. The van der Waals surface area contributed by atoms with E-state index in [0.717, 1.165) is 30.8 Å². The van der Waals surface area contributed by atoms with Crippen LogP contribution in [0.4, 0.5) is 0 Å². The minimum Gasteiger partial charge on any atom is -0.366 e. The molecule has 2 aromatic rings. The predicted octanol–water partition coefficient (Wildman–Crippen LogP) is 3.80.